The lowest BCUT2D eigenvalue weighted by Gasteiger charge is -2.08. The van der Waals surface area contributed by atoms with Gasteiger partial charge in [0.2, 0.25) is 0 Å². The van der Waals surface area contributed by atoms with Crippen LogP contribution >= 0.6 is 15.9 Å². The summed E-state index contributed by atoms with van der Waals surface area (Å²) in [6.45, 7) is 1.93. The van der Waals surface area contributed by atoms with Crippen LogP contribution in [0.3, 0.4) is 0 Å². The molecule has 19 heavy (non-hydrogen) atoms. The zero-order valence-electron chi connectivity index (χ0n) is 10.1. The Bertz CT molecular complexity index is 646. The Morgan fingerprint density at radius 3 is 2.84 bits per heavy atom. The van der Waals surface area contributed by atoms with E-state index in [4.69, 9.17) is 5.73 Å². The van der Waals surface area contributed by atoms with Crippen molar-refractivity contribution in [2.45, 2.75) is 6.92 Å². The fraction of sp³-hybridized carbons (Fsp3) is 0.0769. The second-order valence-electron chi connectivity index (χ2n) is 3.98. The fourth-order valence-corrected chi connectivity index (χ4v) is 1.88. The van der Waals surface area contributed by atoms with Crippen LogP contribution in [0.4, 0.5) is 15.9 Å². The lowest BCUT2D eigenvalue weighted by atomic mass is 10.2. The molecule has 2 aromatic rings. The third-order valence-electron chi connectivity index (χ3n) is 2.59. The molecule has 0 saturated carbocycles. The van der Waals surface area contributed by atoms with Crippen molar-refractivity contribution in [3.05, 3.63) is 51.9 Å². The van der Waals surface area contributed by atoms with Crippen LogP contribution in [0, 0.1) is 12.7 Å². The van der Waals surface area contributed by atoms with E-state index in [2.05, 4.69) is 26.2 Å². The molecule has 1 aromatic heterocycles. The Kier molecular flexibility index (Phi) is 3.80. The number of hydrogen-bond acceptors (Lipinski definition) is 3. The zero-order chi connectivity index (χ0) is 14.0. The van der Waals surface area contributed by atoms with Crippen LogP contribution in [0.15, 0.2) is 34.9 Å². The van der Waals surface area contributed by atoms with Crippen molar-refractivity contribution in [2.24, 2.45) is 0 Å². The molecule has 0 unspecified atom stereocenters. The molecule has 98 valence electrons. The number of halogens is 2. The molecule has 3 N–H and O–H groups in total. The summed E-state index contributed by atoms with van der Waals surface area (Å²) in [5.74, 6) is -1.67. The van der Waals surface area contributed by atoms with E-state index in [1.54, 1.807) is 12.1 Å². The molecule has 0 aliphatic carbocycles. The van der Waals surface area contributed by atoms with Gasteiger partial charge < -0.3 is 11.1 Å². The van der Waals surface area contributed by atoms with E-state index in [-0.39, 0.29) is 11.4 Å². The van der Waals surface area contributed by atoms with Crippen LogP contribution in [0.2, 0.25) is 0 Å². The van der Waals surface area contributed by atoms with Gasteiger partial charge in [0.05, 0.1) is 5.56 Å². The Labute approximate surface area is 118 Å². The number of pyridine rings is 1. The molecule has 2 rings (SSSR count). The number of nitrogen functional groups attached to an aromatic ring is 1. The predicted molar refractivity (Wildman–Crippen MR) is 75.4 cm³/mol. The number of nitrogens with one attached hydrogen (secondary N) is 1. The first-order valence-corrected chi connectivity index (χ1v) is 6.26. The average molecular weight is 324 g/mol. The van der Waals surface area contributed by atoms with E-state index in [1.807, 2.05) is 13.0 Å². The molecule has 0 saturated heterocycles. The van der Waals surface area contributed by atoms with Crippen LogP contribution in [0.1, 0.15) is 15.9 Å². The molecule has 0 aliphatic heterocycles. The van der Waals surface area contributed by atoms with Crippen LogP contribution in [0.25, 0.3) is 0 Å². The van der Waals surface area contributed by atoms with E-state index < -0.39 is 11.7 Å². The lowest BCUT2D eigenvalue weighted by Crippen LogP contribution is -2.15. The van der Waals surface area contributed by atoms with Crippen molar-refractivity contribution in [2.75, 3.05) is 11.1 Å². The molecule has 4 nitrogen and oxygen atoms in total. The molecule has 0 atom stereocenters. The summed E-state index contributed by atoms with van der Waals surface area (Å²) in [5, 5.41) is 2.60. The van der Waals surface area contributed by atoms with Gasteiger partial charge >= 0.3 is 0 Å². The molecule has 0 spiro atoms. The van der Waals surface area contributed by atoms with Gasteiger partial charge in [0.25, 0.3) is 5.91 Å². The smallest absolute Gasteiger partial charge is 0.258 e. The molecule has 1 heterocycles. The minimum Gasteiger partial charge on any atom is -0.381 e. The number of amides is 1. The highest BCUT2D eigenvalue weighted by atomic mass is 79.9. The van der Waals surface area contributed by atoms with Crippen molar-refractivity contribution >= 4 is 33.3 Å². The Hall–Kier alpha value is -1.95. The number of aryl methyl sites for hydroxylation is 1. The summed E-state index contributed by atoms with van der Waals surface area (Å²) < 4.78 is 14.5. The summed E-state index contributed by atoms with van der Waals surface area (Å²) in [4.78, 5) is 15.5. The topological polar surface area (TPSA) is 68.0 Å². The number of nitrogens with zero attached hydrogens (tertiary/aromatic N) is 1. The number of carbonyl (C=O) groups is 1. The fourth-order valence-electron chi connectivity index (χ4n) is 1.50. The van der Waals surface area contributed by atoms with Crippen molar-refractivity contribution in [1.29, 1.82) is 0 Å². The van der Waals surface area contributed by atoms with Gasteiger partial charge in [-0.05, 0) is 30.7 Å². The van der Waals surface area contributed by atoms with Gasteiger partial charge in [-0.3, -0.25) is 4.79 Å². The van der Waals surface area contributed by atoms with Crippen LogP contribution in [-0.4, -0.2) is 10.9 Å². The predicted octanol–water partition coefficient (Wildman–Crippen LogP) is 3.13. The molecule has 1 aromatic carbocycles. The highest BCUT2D eigenvalue weighted by Crippen LogP contribution is 2.21. The molecule has 1 amide bonds. The van der Waals surface area contributed by atoms with Crippen molar-refractivity contribution in [3.63, 3.8) is 0 Å². The van der Waals surface area contributed by atoms with Gasteiger partial charge in [-0.2, -0.15) is 0 Å². The first-order valence-electron chi connectivity index (χ1n) is 5.46. The van der Waals surface area contributed by atoms with Gasteiger partial charge in [-0.1, -0.05) is 22.0 Å². The van der Waals surface area contributed by atoms with Crippen LogP contribution < -0.4 is 11.1 Å². The molecule has 0 radical (unpaired) electrons. The van der Waals surface area contributed by atoms with E-state index in [1.165, 1.54) is 12.3 Å². The van der Waals surface area contributed by atoms with Gasteiger partial charge in [0.1, 0.15) is 0 Å². The molecule has 0 aliphatic rings. The zero-order valence-corrected chi connectivity index (χ0v) is 11.7. The number of benzene rings is 1. The van der Waals surface area contributed by atoms with E-state index >= 15 is 0 Å². The normalized spacial score (nSPS) is 10.3. The first kappa shape index (κ1) is 13.5. The molecule has 0 fully saturated rings. The van der Waals surface area contributed by atoms with E-state index in [9.17, 15) is 9.18 Å². The number of carbonyl (C=O) groups excluding carboxylic acids is 1. The van der Waals surface area contributed by atoms with Crippen molar-refractivity contribution in [1.82, 2.24) is 4.98 Å². The highest BCUT2D eigenvalue weighted by molar-refractivity contribution is 9.10. The third-order valence-corrected chi connectivity index (χ3v) is 3.44. The molecular weight excluding hydrogens is 313 g/mol. The van der Waals surface area contributed by atoms with Gasteiger partial charge in [-0.15, -0.1) is 0 Å². The lowest BCUT2D eigenvalue weighted by molar-refractivity contribution is 0.102. The largest absolute Gasteiger partial charge is 0.381 e. The maximum atomic E-state index is 13.6. The second-order valence-corrected chi connectivity index (χ2v) is 4.83. The van der Waals surface area contributed by atoms with E-state index in [0.29, 0.717) is 5.69 Å². The SMILES string of the molecule is Cc1ccc(NC(=O)c2ccnc(N)c2F)cc1Br. The van der Waals surface area contributed by atoms with Gasteiger partial charge in [-0.25, -0.2) is 9.37 Å². The number of nitrogens with two attached hydrogens (primary N) is 1. The van der Waals surface area contributed by atoms with Crippen molar-refractivity contribution in [3.8, 4) is 0 Å². The Balaban J connectivity index is 2.26. The molecule has 0 bridgehead atoms. The van der Waals surface area contributed by atoms with Crippen molar-refractivity contribution < 1.29 is 9.18 Å². The number of hydrogen-bond donors (Lipinski definition) is 2. The monoisotopic (exact) mass is 323 g/mol. The number of aromatic nitrogens is 1. The maximum Gasteiger partial charge on any atom is 0.258 e. The Morgan fingerprint density at radius 2 is 2.16 bits per heavy atom. The van der Waals surface area contributed by atoms with Crippen LogP contribution in [-0.2, 0) is 0 Å². The minimum absolute atomic E-state index is 0.135. The summed E-state index contributed by atoms with van der Waals surface area (Å²) in [6.07, 6.45) is 1.29. The highest BCUT2D eigenvalue weighted by Gasteiger charge is 2.14. The average Bonchev–Trinajstić information content (AvgIpc) is 2.37. The van der Waals surface area contributed by atoms with Gasteiger partial charge in [0, 0.05) is 16.4 Å². The first-order chi connectivity index (χ1) is 8.99. The molecular formula is C13H11BrFN3O. The number of rotatable bonds is 2. The Morgan fingerprint density at radius 1 is 1.42 bits per heavy atom. The quantitative estimate of drug-likeness (QED) is 0.892. The van der Waals surface area contributed by atoms with Gasteiger partial charge in [0.15, 0.2) is 11.6 Å². The molecule has 6 heteroatoms. The third kappa shape index (κ3) is 2.90. The maximum absolute atomic E-state index is 13.6. The summed E-state index contributed by atoms with van der Waals surface area (Å²) in [7, 11) is 0. The van der Waals surface area contributed by atoms with E-state index in [0.717, 1.165) is 10.0 Å². The summed E-state index contributed by atoms with van der Waals surface area (Å²) in [5.41, 5.74) is 6.79. The minimum atomic E-state index is -0.814. The second kappa shape index (κ2) is 5.36. The summed E-state index contributed by atoms with van der Waals surface area (Å²) in [6, 6.07) is 6.61. The number of anilines is 2. The van der Waals surface area contributed by atoms with Crippen LogP contribution in [0.5, 0.6) is 0 Å². The summed E-state index contributed by atoms with van der Waals surface area (Å²) >= 11 is 3.36. The standard InChI is InChI=1S/C13H11BrFN3O/c1-7-2-3-8(6-10(7)14)18-13(19)9-4-5-17-12(16)11(9)15/h2-6H,1H3,(H2,16,17)(H,18,19).